The number of piperidine rings is 1. The number of halogens is 3. The van der Waals surface area contributed by atoms with Gasteiger partial charge in [-0.2, -0.15) is 13.2 Å². The molecule has 1 aromatic carbocycles. The van der Waals surface area contributed by atoms with Crippen LogP contribution < -0.4 is 9.47 Å². The van der Waals surface area contributed by atoms with Crippen molar-refractivity contribution in [3.63, 3.8) is 0 Å². The van der Waals surface area contributed by atoms with Crippen LogP contribution in [0.5, 0.6) is 11.5 Å². The molecule has 2 aliphatic heterocycles. The number of rotatable bonds is 7. The van der Waals surface area contributed by atoms with Gasteiger partial charge >= 0.3 is 6.18 Å². The van der Waals surface area contributed by atoms with Crippen LogP contribution in [0.25, 0.3) is 0 Å². The van der Waals surface area contributed by atoms with Gasteiger partial charge in [0.2, 0.25) is 0 Å². The lowest BCUT2D eigenvalue weighted by atomic mass is 9.37. The van der Waals surface area contributed by atoms with Crippen molar-refractivity contribution in [1.29, 1.82) is 0 Å². The first-order valence-corrected chi connectivity index (χ1v) is 15.3. The number of nitrogens with zero attached hydrogens (tertiary/aromatic N) is 3. The van der Waals surface area contributed by atoms with Crippen LogP contribution in [-0.2, 0) is 34.1 Å². The summed E-state index contributed by atoms with van der Waals surface area (Å²) in [6.45, 7) is 1.98. The van der Waals surface area contributed by atoms with E-state index in [9.17, 15) is 18.0 Å². The van der Waals surface area contributed by atoms with E-state index in [1.165, 1.54) is 41.0 Å². The zero-order valence-electron chi connectivity index (χ0n) is 24.7. The van der Waals surface area contributed by atoms with E-state index in [4.69, 9.17) is 14.2 Å². The van der Waals surface area contributed by atoms with Gasteiger partial charge in [-0.05, 0) is 74.8 Å². The van der Waals surface area contributed by atoms with Gasteiger partial charge in [-0.3, -0.25) is 9.69 Å². The lowest BCUT2D eigenvalue weighted by Crippen LogP contribution is -2.78. The third kappa shape index (κ3) is 3.50. The van der Waals surface area contributed by atoms with Crippen molar-refractivity contribution < 1.29 is 32.2 Å². The fourth-order valence-electron chi connectivity index (χ4n) is 9.49. The molecule has 5 aliphatic carbocycles. The smallest absolute Gasteiger partial charge is 0.433 e. The van der Waals surface area contributed by atoms with Crippen LogP contribution in [0.2, 0.25) is 0 Å². The molecular weight excluding hydrogens is 559 g/mol. The van der Waals surface area contributed by atoms with Crippen molar-refractivity contribution in [3.05, 3.63) is 64.5 Å². The zero-order chi connectivity index (χ0) is 29.9. The summed E-state index contributed by atoms with van der Waals surface area (Å²) in [5.74, 6) is 1.94. The highest BCUT2D eigenvalue weighted by Crippen LogP contribution is 2.75. The maximum absolute atomic E-state index is 14.4. The number of benzene rings is 1. The van der Waals surface area contributed by atoms with Crippen LogP contribution in [0.4, 0.5) is 13.2 Å². The molecule has 2 aromatic rings. The van der Waals surface area contributed by atoms with Crippen molar-refractivity contribution in [1.82, 2.24) is 14.8 Å². The standard InChI is InChI=1S/C33H36F3N3O4/c1-38(18-21-5-4-6-24(37-21)33(34,35)36)28(40)22-16-30-11-12-32(22,42-3)29-31(30)13-14-39(17-19-7-8-19)25(30)15-20-9-10-23(41-2)27(43-29)26(20)31/h4-6,9-10,16,19,25,29H,7-8,11-15,17-18H2,1-3H3/t25-,29-,30-,31+,32-/m1/s1. The van der Waals surface area contributed by atoms with Gasteiger partial charge < -0.3 is 19.1 Å². The molecule has 3 fully saturated rings. The van der Waals surface area contributed by atoms with Crippen molar-refractivity contribution >= 4 is 5.91 Å². The molecule has 2 spiro atoms. The van der Waals surface area contributed by atoms with E-state index in [-0.39, 0.29) is 35.0 Å². The number of amides is 1. The van der Waals surface area contributed by atoms with Crippen molar-refractivity contribution in [2.24, 2.45) is 11.3 Å². The van der Waals surface area contributed by atoms with Crippen LogP contribution in [0.1, 0.15) is 54.6 Å². The Kier molecular flexibility index (Phi) is 5.72. The lowest BCUT2D eigenvalue weighted by Gasteiger charge is -2.70. The third-order valence-corrected chi connectivity index (χ3v) is 11.4. The summed E-state index contributed by atoms with van der Waals surface area (Å²) in [5, 5.41) is 0. The molecule has 4 bridgehead atoms. The Balaban J connectivity index is 1.24. The predicted molar refractivity (Wildman–Crippen MR) is 151 cm³/mol. The van der Waals surface area contributed by atoms with E-state index in [2.05, 4.69) is 22.0 Å². The van der Waals surface area contributed by atoms with Gasteiger partial charge in [-0.1, -0.05) is 18.2 Å². The normalized spacial score (nSPS) is 33.5. The van der Waals surface area contributed by atoms with Gasteiger partial charge in [0.1, 0.15) is 17.4 Å². The molecule has 5 atom stereocenters. The van der Waals surface area contributed by atoms with E-state index < -0.39 is 23.6 Å². The number of pyridine rings is 1. The Hall–Kier alpha value is -3.11. The number of hydrogen-bond acceptors (Lipinski definition) is 6. The van der Waals surface area contributed by atoms with Crippen molar-refractivity contribution in [2.45, 2.75) is 74.4 Å². The minimum absolute atomic E-state index is 0.0566. The van der Waals surface area contributed by atoms with Crippen LogP contribution in [-0.4, -0.2) is 72.8 Å². The second-order valence-corrected chi connectivity index (χ2v) is 13.4. The van der Waals surface area contributed by atoms with E-state index in [0.717, 1.165) is 50.1 Å². The quantitative estimate of drug-likeness (QED) is 0.454. The Bertz CT molecular complexity index is 1560. The topological polar surface area (TPSA) is 64.1 Å². The highest BCUT2D eigenvalue weighted by Gasteiger charge is 2.79. The molecule has 1 aromatic heterocycles. The van der Waals surface area contributed by atoms with Crippen molar-refractivity contribution in [2.75, 3.05) is 34.4 Å². The van der Waals surface area contributed by atoms with Gasteiger partial charge in [0.15, 0.2) is 11.5 Å². The average molecular weight is 596 g/mol. The first-order valence-electron chi connectivity index (χ1n) is 15.3. The maximum atomic E-state index is 14.4. The Morgan fingerprint density at radius 1 is 1.16 bits per heavy atom. The fraction of sp³-hybridized carbons (Fsp3) is 0.576. The molecule has 9 rings (SSSR count). The van der Waals surface area contributed by atoms with Gasteiger partial charge in [-0.25, -0.2) is 4.98 Å². The molecule has 3 heterocycles. The minimum atomic E-state index is -4.56. The van der Waals surface area contributed by atoms with Crippen LogP contribution in [0.15, 0.2) is 42.0 Å². The summed E-state index contributed by atoms with van der Waals surface area (Å²) in [6.07, 6.45) is 3.06. The molecule has 7 aliphatic rings. The van der Waals surface area contributed by atoms with E-state index in [1.807, 2.05) is 6.07 Å². The third-order valence-electron chi connectivity index (χ3n) is 11.4. The summed E-state index contributed by atoms with van der Waals surface area (Å²) >= 11 is 0. The lowest BCUT2D eigenvalue weighted by molar-refractivity contribution is -0.198. The van der Waals surface area contributed by atoms with Crippen LogP contribution in [0, 0.1) is 11.3 Å². The number of methoxy groups -OCH3 is 2. The highest BCUT2D eigenvalue weighted by molar-refractivity contribution is 5.97. The number of carbonyl (C=O) groups is 1. The molecule has 0 unspecified atom stereocenters. The van der Waals surface area contributed by atoms with Gasteiger partial charge in [0, 0.05) is 43.3 Å². The molecule has 1 saturated heterocycles. The largest absolute Gasteiger partial charge is 0.493 e. The number of fused-ring (bicyclic) bond motifs is 1. The van der Waals surface area contributed by atoms with Crippen molar-refractivity contribution in [3.8, 4) is 11.5 Å². The van der Waals surface area contributed by atoms with Crippen LogP contribution in [0.3, 0.4) is 0 Å². The molecule has 1 amide bonds. The molecule has 0 N–H and O–H groups in total. The number of alkyl halides is 3. The zero-order valence-corrected chi connectivity index (χ0v) is 24.7. The van der Waals surface area contributed by atoms with E-state index in [0.29, 0.717) is 17.7 Å². The summed E-state index contributed by atoms with van der Waals surface area (Å²) in [7, 11) is 4.93. The van der Waals surface area contributed by atoms with E-state index in [1.54, 1.807) is 21.3 Å². The SMILES string of the molecule is COc1ccc2c3c1O[C@@H]1[C@]34CCN(CC3CC3)[C@H](C2)[C@@]42C=C(C(=O)N(C)Cc3cccc(C(F)(F)F)n3)[C@]1(OC)CC2. The molecule has 10 heteroatoms. The van der Waals surface area contributed by atoms with Gasteiger partial charge in [0.05, 0.1) is 24.8 Å². The number of ether oxygens (including phenoxy) is 3. The molecule has 7 nitrogen and oxygen atoms in total. The van der Waals surface area contributed by atoms with Gasteiger partial charge in [0.25, 0.3) is 5.91 Å². The molecule has 0 radical (unpaired) electrons. The Labute approximate surface area is 249 Å². The van der Waals surface area contributed by atoms with Gasteiger partial charge in [-0.15, -0.1) is 0 Å². The summed E-state index contributed by atoms with van der Waals surface area (Å²) < 4.78 is 59.3. The number of aromatic nitrogens is 1. The molecular formula is C33H36F3N3O4. The second-order valence-electron chi connectivity index (χ2n) is 13.4. The average Bonchev–Trinajstić information content (AvgIpc) is 3.74. The number of hydrogen-bond donors (Lipinski definition) is 0. The monoisotopic (exact) mass is 595 g/mol. The number of carbonyl (C=O) groups excluding carboxylic acids is 1. The molecule has 2 saturated carbocycles. The maximum Gasteiger partial charge on any atom is 0.433 e. The van der Waals surface area contributed by atoms with E-state index >= 15 is 0 Å². The first-order chi connectivity index (χ1) is 20.6. The van der Waals surface area contributed by atoms with Crippen LogP contribution >= 0.6 is 0 Å². The summed E-state index contributed by atoms with van der Waals surface area (Å²) in [4.78, 5) is 22.4. The first kappa shape index (κ1) is 27.4. The number of likely N-dealkylation sites (tertiary alicyclic amines) is 1. The fourth-order valence-corrected chi connectivity index (χ4v) is 9.49. The molecule has 43 heavy (non-hydrogen) atoms. The minimum Gasteiger partial charge on any atom is -0.493 e. The second kappa shape index (κ2) is 8.97. The predicted octanol–water partition coefficient (Wildman–Crippen LogP) is 4.91. The summed E-state index contributed by atoms with van der Waals surface area (Å²) in [5.41, 5.74) is 0.582. The molecule has 228 valence electrons. The summed E-state index contributed by atoms with van der Waals surface area (Å²) in [6, 6.07) is 8.20. The number of likely N-dealkylation sites (N-methyl/N-ethyl adjacent to an activating group) is 1. The Morgan fingerprint density at radius 3 is 2.70 bits per heavy atom. The highest BCUT2D eigenvalue weighted by atomic mass is 19.4. The Morgan fingerprint density at radius 2 is 1.98 bits per heavy atom.